The van der Waals surface area contributed by atoms with Gasteiger partial charge in [-0.2, -0.15) is 0 Å². The van der Waals surface area contributed by atoms with Crippen LogP contribution in [-0.4, -0.2) is 40.0 Å². The zero-order valence-corrected chi connectivity index (χ0v) is 17.5. The van der Waals surface area contributed by atoms with Crippen molar-refractivity contribution >= 4 is 23.1 Å². The Kier molecular flexibility index (Phi) is 4.10. The lowest BCUT2D eigenvalue weighted by Gasteiger charge is -2.70. The Balaban J connectivity index is 1.04. The number of fused-ring (bicyclic) bond motifs is 1. The van der Waals surface area contributed by atoms with E-state index in [2.05, 4.69) is 5.16 Å². The van der Waals surface area contributed by atoms with Crippen LogP contribution >= 0.6 is 11.6 Å². The molecule has 2 aliphatic heterocycles. The maximum absolute atomic E-state index is 13.0. The molecule has 2 bridgehead atoms. The van der Waals surface area contributed by atoms with Crippen molar-refractivity contribution in [2.75, 3.05) is 0 Å². The Morgan fingerprint density at radius 2 is 1.97 bits per heavy atom. The maximum Gasteiger partial charge on any atom is 0.173 e. The monoisotopic (exact) mass is 431 g/mol. The van der Waals surface area contributed by atoms with Crippen LogP contribution in [0, 0.1) is 16.7 Å². The van der Waals surface area contributed by atoms with E-state index in [0.717, 1.165) is 38.5 Å². The molecule has 0 aromatic heterocycles. The highest BCUT2D eigenvalue weighted by molar-refractivity contribution is 6.30. The Bertz CT molecular complexity index is 920. The van der Waals surface area contributed by atoms with Crippen LogP contribution in [0.2, 0.25) is 5.02 Å². The molecule has 3 atom stereocenters. The van der Waals surface area contributed by atoms with Crippen molar-refractivity contribution in [1.29, 1.82) is 0 Å². The number of halogens is 1. The first-order valence-electron chi connectivity index (χ1n) is 10.9. The molecule has 0 spiro atoms. The number of aliphatic hydroxyl groups is 2. The molecular formula is C23H26ClNO5. The number of ether oxygens (including phenoxy) is 1. The number of benzene rings is 1. The van der Waals surface area contributed by atoms with Crippen LogP contribution in [0.4, 0.5) is 0 Å². The van der Waals surface area contributed by atoms with Gasteiger partial charge in [-0.05, 0) is 55.7 Å². The van der Waals surface area contributed by atoms with E-state index in [0.29, 0.717) is 28.7 Å². The van der Waals surface area contributed by atoms with Crippen molar-refractivity contribution < 1.29 is 24.6 Å². The number of ketones is 1. The summed E-state index contributed by atoms with van der Waals surface area (Å²) in [6.45, 7) is 0. The molecule has 1 aromatic carbocycles. The number of aliphatic hydroxyl groups excluding tert-OH is 2. The van der Waals surface area contributed by atoms with Crippen molar-refractivity contribution in [1.82, 2.24) is 0 Å². The summed E-state index contributed by atoms with van der Waals surface area (Å²) in [6, 6.07) is 5.15. The van der Waals surface area contributed by atoms with Crippen LogP contribution in [0.25, 0.3) is 0 Å². The van der Waals surface area contributed by atoms with Gasteiger partial charge in [0.25, 0.3) is 0 Å². The van der Waals surface area contributed by atoms with Gasteiger partial charge in [-0.3, -0.25) is 4.79 Å². The summed E-state index contributed by atoms with van der Waals surface area (Å²) in [4.78, 5) is 18.6. The fourth-order valence-corrected chi connectivity index (χ4v) is 6.67. The Hall–Kier alpha value is -1.63. The van der Waals surface area contributed by atoms with Gasteiger partial charge in [-0.15, -0.1) is 0 Å². The molecule has 4 saturated carbocycles. The molecule has 6 nitrogen and oxygen atoms in total. The van der Waals surface area contributed by atoms with Crippen LogP contribution in [-0.2, 0) is 9.63 Å². The lowest BCUT2D eigenvalue weighted by Crippen LogP contribution is -2.66. The zero-order valence-electron chi connectivity index (χ0n) is 16.7. The number of rotatable bonds is 5. The van der Waals surface area contributed by atoms with Crippen LogP contribution < -0.4 is 4.74 Å². The summed E-state index contributed by atoms with van der Waals surface area (Å²) in [5.41, 5.74) is 2.02. The minimum absolute atomic E-state index is 0.0684. The zero-order chi connectivity index (χ0) is 20.7. The molecular weight excluding hydrogens is 406 g/mol. The highest BCUT2D eigenvalue weighted by atomic mass is 35.5. The number of carbonyl (C=O) groups excluding carboxylic acids is 1. The number of hydrogen-bond donors (Lipinski definition) is 2. The van der Waals surface area contributed by atoms with Gasteiger partial charge in [0.2, 0.25) is 0 Å². The van der Waals surface area contributed by atoms with E-state index >= 15 is 0 Å². The van der Waals surface area contributed by atoms with Crippen molar-refractivity contribution in [3.8, 4) is 5.75 Å². The van der Waals surface area contributed by atoms with Gasteiger partial charge in [0.15, 0.2) is 11.9 Å². The molecule has 2 heterocycles. The smallest absolute Gasteiger partial charge is 0.173 e. The Morgan fingerprint density at radius 1 is 1.20 bits per heavy atom. The summed E-state index contributed by atoms with van der Waals surface area (Å²) in [6.07, 6.45) is 4.91. The van der Waals surface area contributed by atoms with Gasteiger partial charge >= 0.3 is 0 Å². The molecule has 4 aliphatic carbocycles. The first-order chi connectivity index (χ1) is 14.3. The molecule has 1 aromatic rings. The summed E-state index contributed by atoms with van der Waals surface area (Å²) in [7, 11) is 0. The third-order valence-corrected chi connectivity index (χ3v) is 8.30. The second-order valence-electron chi connectivity index (χ2n) is 10.3. The standard InChI is InChI=1S/C23H26ClNO5/c24-13-1-2-18-15(5-13)16(27)6-20(29-18)17(28)8-22-9-23(10-22,11-22)21-7-19(30-25-21)12-3-14(26)4-12/h1-2,5,12,14,16,19-20,26-27H,3-4,6-11H2/t12?,14?,16-,19?,20-,22?,23?/m1/s1. The topological polar surface area (TPSA) is 88.4 Å². The van der Waals surface area contributed by atoms with E-state index < -0.39 is 12.2 Å². The molecule has 2 N–H and O–H groups in total. The normalized spacial score (nSPS) is 43.2. The summed E-state index contributed by atoms with van der Waals surface area (Å²) >= 11 is 6.01. The van der Waals surface area contributed by atoms with Crippen LogP contribution in [0.3, 0.4) is 0 Å². The van der Waals surface area contributed by atoms with Crippen molar-refractivity contribution in [3.05, 3.63) is 28.8 Å². The average molecular weight is 432 g/mol. The van der Waals surface area contributed by atoms with E-state index in [-0.39, 0.29) is 35.2 Å². The molecule has 1 unspecified atom stereocenters. The molecule has 0 amide bonds. The van der Waals surface area contributed by atoms with Gasteiger partial charge in [0.05, 0.1) is 17.9 Å². The number of hydrogen-bond acceptors (Lipinski definition) is 6. The molecule has 7 rings (SSSR count). The van der Waals surface area contributed by atoms with Gasteiger partial charge < -0.3 is 19.8 Å². The predicted octanol–water partition coefficient (Wildman–Crippen LogP) is 3.57. The molecule has 4 fully saturated rings. The lowest BCUT2D eigenvalue weighted by molar-refractivity contribution is -0.171. The first-order valence-corrected chi connectivity index (χ1v) is 11.3. The molecule has 7 heteroatoms. The highest BCUT2D eigenvalue weighted by Crippen LogP contribution is 2.76. The third-order valence-electron chi connectivity index (χ3n) is 8.07. The molecule has 0 radical (unpaired) electrons. The largest absolute Gasteiger partial charge is 0.482 e. The molecule has 30 heavy (non-hydrogen) atoms. The summed E-state index contributed by atoms with van der Waals surface area (Å²) in [5, 5.41) is 24.9. The van der Waals surface area contributed by atoms with E-state index in [4.69, 9.17) is 21.2 Å². The molecule has 0 saturated heterocycles. The van der Waals surface area contributed by atoms with Gasteiger partial charge in [0.1, 0.15) is 11.9 Å². The minimum atomic E-state index is -0.729. The molecule has 160 valence electrons. The van der Waals surface area contributed by atoms with Crippen molar-refractivity contribution in [2.45, 2.75) is 75.8 Å². The van der Waals surface area contributed by atoms with E-state index in [1.165, 1.54) is 5.71 Å². The van der Waals surface area contributed by atoms with Crippen LogP contribution in [0.5, 0.6) is 5.75 Å². The fraction of sp³-hybridized carbons (Fsp3) is 0.652. The fourth-order valence-electron chi connectivity index (χ4n) is 6.49. The van der Waals surface area contributed by atoms with E-state index in [1.807, 2.05) is 0 Å². The molecule has 6 aliphatic rings. The van der Waals surface area contributed by atoms with Gasteiger partial charge in [0, 0.05) is 41.2 Å². The SMILES string of the molecule is O=C(CC12CC(C3=NOC(C4CC(O)C4)C3)(C1)C2)[C@H]1C[C@@H](O)c2cc(Cl)ccc2O1. The number of oxime groups is 1. The first kappa shape index (κ1) is 19.1. The van der Waals surface area contributed by atoms with Crippen LogP contribution in [0.15, 0.2) is 23.4 Å². The number of nitrogens with zero attached hydrogens (tertiary/aromatic N) is 1. The second kappa shape index (κ2) is 6.44. The highest BCUT2D eigenvalue weighted by Gasteiger charge is 2.71. The van der Waals surface area contributed by atoms with Crippen molar-refractivity contribution in [3.63, 3.8) is 0 Å². The maximum atomic E-state index is 13.0. The predicted molar refractivity (Wildman–Crippen MR) is 109 cm³/mol. The number of carbonyl (C=O) groups is 1. The quantitative estimate of drug-likeness (QED) is 0.744. The lowest BCUT2D eigenvalue weighted by atomic mass is 9.32. The van der Waals surface area contributed by atoms with E-state index in [1.54, 1.807) is 18.2 Å². The van der Waals surface area contributed by atoms with Gasteiger partial charge in [-0.1, -0.05) is 16.8 Å². The number of Topliss-reactive ketones (excluding diaryl/α,β-unsaturated/α-hetero) is 1. The summed E-state index contributed by atoms with van der Waals surface area (Å²) in [5.74, 6) is 1.06. The average Bonchev–Trinajstić information content (AvgIpc) is 3.10. The summed E-state index contributed by atoms with van der Waals surface area (Å²) < 4.78 is 5.91. The van der Waals surface area contributed by atoms with Crippen LogP contribution in [0.1, 0.15) is 63.0 Å². The third kappa shape index (κ3) is 2.84. The van der Waals surface area contributed by atoms with Crippen molar-refractivity contribution in [2.24, 2.45) is 21.9 Å². The Labute approximate surface area is 180 Å². The Morgan fingerprint density at radius 3 is 2.70 bits per heavy atom. The second-order valence-corrected chi connectivity index (χ2v) is 10.7. The minimum Gasteiger partial charge on any atom is -0.482 e. The van der Waals surface area contributed by atoms with Gasteiger partial charge in [-0.25, -0.2) is 0 Å². The van der Waals surface area contributed by atoms with E-state index in [9.17, 15) is 15.0 Å².